The molecule has 0 saturated heterocycles. The van der Waals surface area contributed by atoms with E-state index in [0.717, 1.165) is 0 Å². The van der Waals surface area contributed by atoms with Crippen molar-refractivity contribution < 1.29 is 27.5 Å². The van der Waals surface area contributed by atoms with Crippen LogP contribution in [0.2, 0.25) is 0 Å². The maximum absolute atomic E-state index is 11.9. The normalized spacial score (nSPS) is 11.8. The lowest BCUT2D eigenvalue weighted by Crippen LogP contribution is -2.18. The van der Waals surface area contributed by atoms with E-state index in [0.29, 0.717) is 9.13 Å². The molecule has 1 N–H and O–H groups in total. The van der Waals surface area contributed by atoms with Crippen molar-refractivity contribution in [1.29, 1.82) is 0 Å². The van der Waals surface area contributed by atoms with Gasteiger partial charge in [0.1, 0.15) is 12.4 Å². The lowest BCUT2D eigenvalue weighted by atomic mass is 10.2. The Kier molecular flexibility index (Phi) is 5.04. The number of rotatable bonds is 5. The maximum Gasteiger partial charge on any atom is 0.411 e. The van der Waals surface area contributed by atoms with Crippen molar-refractivity contribution in [2.75, 3.05) is 13.2 Å². The van der Waals surface area contributed by atoms with Crippen LogP contribution in [0.3, 0.4) is 0 Å². The summed E-state index contributed by atoms with van der Waals surface area (Å²) in [6.07, 6.45) is -4.24. The van der Waals surface area contributed by atoms with Crippen LogP contribution >= 0.6 is 22.6 Å². The molecule has 0 aliphatic rings. The zero-order valence-corrected chi connectivity index (χ0v) is 12.7. The third-order valence-corrected chi connectivity index (χ3v) is 3.31. The SMILES string of the molecule is Oc1cc(-c2nc(CCOCC(F)(F)F)no2)ccc1I. The molecule has 0 fully saturated rings. The summed E-state index contributed by atoms with van der Waals surface area (Å²) < 4.78 is 45.8. The van der Waals surface area contributed by atoms with E-state index in [-0.39, 0.29) is 30.5 Å². The lowest BCUT2D eigenvalue weighted by Gasteiger charge is -2.05. The highest BCUT2D eigenvalue weighted by Gasteiger charge is 2.27. The third kappa shape index (κ3) is 4.84. The summed E-state index contributed by atoms with van der Waals surface area (Å²) >= 11 is 1.97. The third-order valence-electron chi connectivity index (χ3n) is 2.40. The minimum Gasteiger partial charge on any atom is -0.507 e. The number of halogens is 4. The highest BCUT2D eigenvalue weighted by Crippen LogP contribution is 2.26. The molecule has 2 rings (SSSR count). The van der Waals surface area contributed by atoms with Gasteiger partial charge in [-0.1, -0.05) is 5.16 Å². The van der Waals surface area contributed by atoms with Gasteiger partial charge in [0.05, 0.1) is 10.2 Å². The number of phenolic OH excluding ortho intramolecular Hbond substituents is 1. The van der Waals surface area contributed by atoms with E-state index in [1.54, 1.807) is 12.1 Å². The number of phenols is 1. The summed E-state index contributed by atoms with van der Waals surface area (Å²) in [5.41, 5.74) is 0.530. The Morgan fingerprint density at radius 3 is 2.76 bits per heavy atom. The average Bonchev–Trinajstić information content (AvgIpc) is 2.86. The van der Waals surface area contributed by atoms with Crippen molar-refractivity contribution in [2.24, 2.45) is 0 Å². The highest BCUT2D eigenvalue weighted by molar-refractivity contribution is 14.1. The summed E-state index contributed by atoms with van der Waals surface area (Å²) in [5.74, 6) is 0.513. The summed E-state index contributed by atoms with van der Waals surface area (Å²) in [6, 6.07) is 4.85. The van der Waals surface area contributed by atoms with Crippen LogP contribution < -0.4 is 0 Å². The summed E-state index contributed by atoms with van der Waals surface area (Å²) in [4.78, 5) is 4.03. The number of hydrogen-bond acceptors (Lipinski definition) is 5. The first kappa shape index (κ1) is 16.0. The zero-order chi connectivity index (χ0) is 15.5. The molecular formula is C12H10F3IN2O3. The lowest BCUT2D eigenvalue weighted by molar-refractivity contribution is -0.173. The molecule has 0 spiro atoms. The predicted molar refractivity (Wildman–Crippen MR) is 74.7 cm³/mol. The maximum atomic E-state index is 11.9. The summed E-state index contributed by atoms with van der Waals surface area (Å²) in [5, 5.41) is 13.2. The van der Waals surface area contributed by atoms with Gasteiger partial charge in [0, 0.05) is 12.0 Å². The molecule has 21 heavy (non-hydrogen) atoms. The van der Waals surface area contributed by atoms with Crippen LogP contribution in [0.1, 0.15) is 5.82 Å². The standard InChI is InChI=1S/C12H10F3IN2O3/c13-12(14,15)6-20-4-3-10-17-11(21-18-10)7-1-2-8(16)9(19)5-7/h1-2,5,19H,3-4,6H2. The molecule has 5 nitrogen and oxygen atoms in total. The first-order valence-corrected chi connectivity index (χ1v) is 6.89. The van der Waals surface area contributed by atoms with Gasteiger partial charge >= 0.3 is 6.18 Å². The van der Waals surface area contributed by atoms with Crippen molar-refractivity contribution in [3.8, 4) is 17.2 Å². The molecule has 2 aromatic rings. The van der Waals surface area contributed by atoms with E-state index < -0.39 is 12.8 Å². The molecule has 0 aliphatic carbocycles. The van der Waals surface area contributed by atoms with Crippen molar-refractivity contribution in [1.82, 2.24) is 10.1 Å². The molecule has 0 bridgehead atoms. The molecule has 0 amide bonds. The van der Waals surface area contributed by atoms with Crippen LogP contribution in [-0.2, 0) is 11.2 Å². The number of ether oxygens (including phenoxy) is 1. The predicted octanol–water partition coefficient (Wildman–Crippen LogP) is 3.17. The van der Waals surface area contributed by atoms with Gasteiger partial charge in [0.15, 0.2) is 5.82 Å². The number of aromatic nitrogens is 2. The molecule has 1 aromatic heterocycles. The van der Waals surface area contributed by atoms with Crippen molar-refractivity contribution >= 4 is 22.6 Å². The first-order valence-electron chi connectivity index (χ1n) is 5.81. The minimum atomic E-state index is -4.35. The Bertz CT molecular complexity index is 616. The molecule has 0 atom stereocenters. The van der Waals surface area contributed by atoms with Crippen LogP contribution in [0.25, 0.3) is 11.5 Å². The quantitative estimate of drug-likeness (QED) is 0.602. The minimum absolute atomic E-state index is 0.0846. The zero-order valence-electron chi connectivity index (χ0n) is 10.5. The van der Waals surface area contributed by atoms with Gasteiger partial charge in [-0.2, -0.15) is 18.2 Å². The summed E-state index contributed by atoms with van der Waals surface area (Å²) in [6.45, 7) is -1.46. The molecule has 114 valence electrons. The van der Waals surface area contributed by atoms with E-state index in [2.05, 4.69) is 14.9 Å². The molecule has 1 aromatic carbocycles. The van der Waals surface area contributed by atoms with Crippen LogP contribution in [0.15, 0.2) is 22.7 Å². The smallest absolute Gasteiger partial charge is 0.411 e. The Morgan fingerprint density at radius 1 is 1.33 bits per heavy atom. The van der Waals surface area contributed by atoms with Crippen LogP contribution in [0.4, 0.5) is 13.2 Å². The average molecular weight is 414 g/mol. The van der Waals surface area contributed by atoms with E-state index in [9.17, 15) is 18.3 Å². The molecule has 0 radical (unpaired) electrons. The molecule has 1 heterocycles. The van der Waals surface area contributed by atoms with Gasteiger partial charge in [0.2, 0.25) is 0 Å². The van der Waals surface area contributed by atoms with Crippen LogP contribution in [0.5, 0.6) is 5.75 Å². The Hall–Kier alpha value is -1.36. The van der Waals surface area contributed by atoms with Gasteiger partial charge in [0.25, 0.3) is 5.89 Å². The van der Waals surface area contributed by atoms with Gasteiger partial charge in [-0.15, -0.1) is 0 Å². The second kappa shape index (κ2) is 6.60. The largest absolute Gasteiger partial charge is 0.507 e. The van der Waals surface area contributed by atoms with Crippen molar-refractivity contribution in [3.05, 3.63) is 27.6 Å². The molecule has 9 heteroatoms. The molecule has 0 unspecified atom stereocenters. The van der Waals surface area contributed by atoms with E-state index in [1.165, 1.54) is 6.07 Å². The van der Waals surface area contributed by atoms with Crippen molar-refractivity contribution in [2.45, 2.75) is 12.6 Å². The van der Waals surface area contributed by atoms with Gasteiger partial charge in [-0.25, -0.2) is 0 Å². The van der Waals surface area contributed by atoms with Crippen LogP contribution in [-0.4, -0.2) is 34.6 Å². The monoisotopic (exact) mass is 414 g/mol. The molecule has 0 saturated carbocycles. The Morgan fingerprint density at radius 2 is 2.10 bits per heavy atom. The fourth-order valence-electron chi connectivity index (χ4n) is 1.47. The number of hydrogen-bond donors (Lipinski definition) is 1. The summed E-state index contributed by atoms with van der Waals surface area (Å²) in [7, 11) is 0. The van der Waals surface area contributed by atoms with Crippen LogP contribution in [0, 0.1) is 3.57 Å². The molecule has 0 aliphatic heterocycles. The number of alkyl halides is 3. The van der Waals surface area contributed by atoms with E-state index >= 15 is 0 Å². The Labute approximate surface area is 131 Å². The first-order chi connectivity index (χ1) is 9.85. The second-order valence-corrected chi connectivity index (χ2v) is 5.26. The van der Waals surface area contributed by atoms with Gasteiger partial charge < -0.3 is 14.4 Å². The Balaban J connectivity index is 1.93. The fraction of sp³-hybridized carbons (Fsp3) is 0.333. The second-order valence-electron chi connectivity index (χ2n) is 4.10. The topological polar surface area (TPSA) is 68.4 Å². The fourth-order valence-corrected chi connectivity index (χ4v) is 1.81. The molecular weight excluding hydrogens is 404 g/mol. The van der Waals surface area contributed by atoms with Gasteiger partial charge in [-0.3, -0.25) is 0 Å². The number of aromatic hydroxyl groups is 1. The highest BCUT2D eigenvalue weighted by atomic mass is 127. The number of benzene rings is 1. The number of nitrogens with zero attached hydrogens (tertiary/aromatic N) is 2. The van der Waals surface area contributed by atoms with Crippen molar-refractivity contribution in [3.63, 3.8) is 0 Å². The van der Waals surface area contributed by atoms with E-state index in [4.69, 9.17) is 4.52 Å². The van der Waals surface area contributed by atoms with E-state index in [1.807, 2.05) is 22.6 Å². The van der Waals surface area contributed by atoms with Gasteiger partial charge in [-0.05, 0) is 40.8 Å².